The summed E-state index contributed by atoms with van der Waals surface area (Å²) in [4.78, 5) is 4.67. The van der Waals surface area contributed by atoms with Crippen LogP contribution >= 0.6 is 11.6 Å². The van der Waals surface area contributed by atoms with Gasteiger partial charge in [0, 0.05) is 43.4 Å². The second-order valence-corrected chi connectivity index (χ2v) is 7.95. The van der Waals surface area contributed by atoms with Crippen LogP contribution in [0, 0.1) is 0 Å². The Morgan fingerprint density at radius 1 is 0.963 bits per heavy atom. The molecule has 5 heteroatoms. The number of hydrogen-bond acceptors (Lipinski definition) is 4. The average Bonchev–Trinajstić information content (AvgIpc) is 3.15. The van der Waals surface area contributed by atoms with Crippen molar-refractivity contribution >= 4 is 17.3 Å². The SMILES string of the molecule is O[C@H](COc1ccc2c(c1)CCC2)CN1CCN(c2ccc(Cl)cc2)CC1. The summed E-state index contributed by atoms with van der Waals surface area (Å²) in [5.74, 6) is 0.877. The highest BCUT2D eigenvalue weighted by atomic mass is 35.5. The smallest absolute Gasteiger partial charge is 0.119 e. The van der Waals surface area contributed by atoms with Crippen molar-refractivity contribution in [1.82, 2.24) is 4.90 Å². The van der Waals surface area contributed by atoms with Gasteiger partial charge in [0.1, 0.15) is 18.5 Å². The summed E-state index contributed by atoms with van der Waals surface area (Å²) >= 11 is 5.97. The monoisotopic (exact) mass is 386 g/mol. The Balaban J connectivity index is 1.21. The predicted molar refractivity (Wildman–Crippen MR) is 110 cm³/mol. The van der Waals surface area contributed by atoms with Gasteiger partial charge in [-0.1, -0.05) is 17.7 Å². The maximum atomic E-state index is 10.4. The van der Waals surface area contributed by atoms with Gasteiger partial charge in [0.25, 0.3) is 0 Å². The first-order chi connectivity index (χ1) is 13.2. The van der Waals surface area contributed by atoms with Crippen molar-refractivity contribution in [2.45, 2.75) is 25.4 Å². The lowest BCUT2D eigenvalue weighted by Crippen LogP contribution is -2.49. The Morgan fingerprint density at radius 3 is 2.48 bits per heavy atom. The highest BCUT2D eigenvalue weighted by Gasteiger charge is 2.20. The largest absolute Gasteiger partial charge is 0.491 e. The van der Waals surface area contributed by atoms with E-state index < -0.39 is 6.10 Å². The van der Waals surface area contributed by atoms with Gasteiger partial charge in [-0.3, -0.25) is 4.90 Å². The fourth-order valence-corrected chi connectivity index (χ4v) is 4.15. The number of halogens is 1. The van der Waals surface area contributed by atoms with Crippen LogP contribution in [0.3, 0.4) is 0 Å². The molecule has 4 rings (SSSR count). The van der Waals surface area contributed by atoms with E-state index in [-0.39, 0.29) is 0 Å². The van der Waals surface area contributed by atoms with Crippen molar-refractivity contribution in [3.05, 3.63) is 58.6 Å². The standard InChI is InChI=1S/C22H27ClN2O2/c23-19-5-7-20(8-6-19)25-12-10-24(11-13-25)15-21(26)16-27-22-9-4-17-2-1-3-18(17)14-22/h4-9,14,21,26H,1-3,10-13,15-16H2/t21-/m0/s1. The molecule has 1 atom stereocenters. The Kier molecular flexibility index (Phi) is 5.86. The molecule has 0 spiro atoms. The zero-order chi connectivity index (χ0) is 18.6. The minimum absolute atomic E-state index is 0.343. The number of aliphatic hydroxyl groups excluding tert-OH is 1. The maximum Gasteiger partial charge on any atom is 0.119 e. The van der Waals surface area contributed by atoms with E-state index in [2.05, 4.69) is 34.1 Å². The Bertz CT molecular complexity index is 757. The number of β-amino-alcohol motifs (C(OH)–C–C–N with tert-alkyl or cyclic N) is 1. The molecule has 2 aliphatic rings. The van der Waals surface area contributed by atoms with Crippen LogP contribution in [-0.4, -0.2) is 55.4 Å². The van der Waals surface area contributed by atoms with Crippen molar-refractivity contribution in [1.29, 1.82) is 0 Å². The van der Waals surface area contributed by atoms with Crippen LogP contribution in [0.15, 0.2) is 42.5 Å². The molecule has 2 aromatic rings. The molecule has 0 unspecified atom stereocenters. The van der Waals surface area contributed by atoms with Gasteiger partial charge in [0.15, 0.2) is 0 Å². The highest BCUT2D eigenvalue weighted by Crippen LogP contribution is 2.26. The second kappa shape index (κ2) is 8.51. The number of hydrogen-bond donors (Lipinski definition) is 1. The molecule has 1 aliphatic carbocycles. The molecular formula is C22H27ClN2O2. The van der Waals surface area contributed by atoms with E-state index in [0.29, 0.717) is 13.2 Å². The van der Waals surface area contributed by atoms with E-state index in [1.807, 2.05) is 18.2 Å². The van der Waals surface area contributed by atoms with E-state index in [4.69, 9.17) is 16.3 Å². The molecule has 4 nitrogen and oxygen atoms in total. The molecule has 1 fully saturated rings. The fraction of sp³-hybridized carbons (Fsp3) is 0.455. The minimum atomic E-state index is -0.472. The highest BCUT2D eigenvalue weighted by molar-refractivity contribution is 6.30. The third-order valence-corrected chi connectivity index (χ3v) is 5.80. The summed E-state index contributed by atoms with van der Waals surface area (Å²) in [7, 11) is 0. The molecule has 0 saturated carbocycles. The number of fused-ring (bicyclic) bond motifs is 1. The molecule has 1 heterocycles. The molecule has 144 valence electrons. The lowest BCUT2D eigenvalue weighted by atomic mass is 10.1. The topological polar surface area (TPSA) is 35.9 Å². The van der Waals surface area contributed by atoms with E-state index >= 15 is 0 Å². The number of aryl methyl sites for hydroxylation is 2. The quantitative estimate of drug-likeness (QED) is 0.825. The van der Waals surface area contributed by atoms with Crippen molar-refractivity contribution in [2.24, 2.45) is 0 Å². The fourth-order valence-electron chi connectivity index (χ4n) is 4.02. The van der Waals surface area contributed by atoms with Crippen LogP contribution in [0.2, 0.25) is 5.02 Å². The molecule has 1 N–H and O–H groups in total. The van der Waals surface area contributed by atoms with E-state index in [1.165, 1.54) is 29.7 Å². The van der Waals surface area contributed by atoms with E-state index in [1.54, 1.807) is 0 Å². The number of rotatable bonds is 6. The Hall–Kier alpha value is -1.75. The molecule has 27 heavy (non-hydrogen) atoms. The Labute approximate surface area is 166 Å². The lowest BCUT2D eigenvalue weighted by Gasteiger charge is -2.36. The van der Waals surface area contributed by atoms with Crippen molar-refractivity contribution in [3.63, 3.8) is 0 Å². The van der Waals surface area contributed by atoms with Crippen LogP contribution < -0.4 is 9.64 Å². The van der Waals surface area contributed by atoms with Crippen LogP contribution in [-0.2, 0) is 12.8 Å². The summed E-state index contributed by atoms with van der Waals surface area (Å²) in [6.45, 7) is 4.80. The van der Waals surface area contributed by atoms with Crippen molar-refractivity contribution in [2.75, 3.05) is 44.2 Å². The summed E-state index contributed by atoms with van der Waals surface area (Å²) < 4.78 is 5.84. The van der Waals surface area contributed by atoms with E-state index in [9.17, 15) is 5.11 Å². The lowest BCUT2D eigenvalue weighted by molar-refractivity contribution is 0.0663. The number of aliphatic hydroxyl groups is 1. The van der Waals surface area contributed by atoms with Gasteiger partial charge in [-0.2, -0.15) is 0 Å². The van der Waals surface area contributed by atoms with Gasteiger partial charge in [0.05, 0.1) is 0 Å². The van der Waals surface area contributed by atoms with Gasteiger partial charge >= 0.3 is 0 Å². The average molecular weight is 387 g/mol. The molecule has 0 aromatic heterocycles. The van der Waals surface area contributed by atoms with Crippen LogP contribution in [0.25, 0.3) is 0 Å². The van der Waals surface area contributed by atoms with Crippen molar-refractivity contribution < 1.29 is 9.84 Å². The van der Waals surface area contributed by atoms with Crippen molar-refractivity contribution in [3.8, 4) is 5.75 Å². The third-order valence-electron chi connectivity index (χ3n) is 5.55. The first-order valence-corrected chi connectivity index (χ1v) is 10.2. The molecular weight excluding hydrogens is 360 g/mol. The minimum Gasteiger partial charge on any atom is -0.491 e. The second-order valence-electron chi connectivity index (χ2n) is 7.51. The van der Waals surface area contributed by atoms with Gasteiger partial charge < -0.3 is 14.7 Å². The number of benzene rings is 2. The third kappa shape index (κ3) is 4.75. The van der Waals surface area contributed by atoms with Gasteiger partial charge in [0.2, 0.25) is 0 Å². The molecule has 1 aliphatic heterocycles. The number of nitrogens with zero attached hydrogens (tertiary/aromatic N) is 2. The normalized spacial score (nSPS) is 18.4. The summed E-state index contributed by atoms with van der Waals surface area (Å²) in [6, 6.07) is 14.3. The molecule has 0 radical (unpaired) electrons. The predicted octanol–water partition coefficient (Wildman–Crippen LogP) is 3.39. The first kappa shape index (κ1) is 18.6. The van der Waals surface area contributed by atoms with Crippen LogP contribution in [0.1, 0.15) is 17.5 Å². The van der Waals surface area contributed by atoms with E-state index in [0.717, 1.165) is 43.4 Å². The molecule has 1 saturated heterocycles. The van der Waals surface area contributed by atoms with Gasteiger partial charge in [-0.05, 0) is 66.8 Å². The molecule has 2 aromatic carbocycles. The van der Waals surface area contributed by atoms with Crippen LogP contribution in [0.4, 0.5) is 5.69 Å². The maximum absolute atomic E-state index is 10.4. The first-order valence-electron chi connectivity index (χ1n) is 9.83. The van der Waals surface area contributed by atoms with Gasteiger partial charge in [-0.25, -0.2) is 0 Å². The summed E-state index contributed by atoms with van der Waals surface area (Å²) in [5.41, 5.74) is 4.06. The summed E-state index contributed by atoms with van der Waals surface area (Å²) in [6.07, 6.45) is 3.09. The zero-order valence-electron chi connectivity index (χ0n) is 15.6. The number of anilines is 1. The number of piperazine rings is 1. The number of ether oxygens (including phenoxy) is 1. The Morgan fingerprint density at radius 2 is 1.70 bits per heavy atom. The van der Waals surface area contributed by atoms with Gasteiger partial charge in [-0.15, -0.1) is 0 Å². The molecule has 0 bridgehead atoms. The van der Waals surface area contributed by atoms with Crippen LogP contribution in [0.5, 0.6) is 5.75 Å². The summed E-state index contributed by atoms with van der Waals surface area (Å²) in [5, 5.41) is 11.1. The zero-order valence-corrected chi connectivity index (χ0v) is 16.4. The molecule has 0 amide bonds.